The Morgan fingerprint density at radius 1 is 1.08 bits per heavy atom. The van der Waals surface area contributed by atoms with E-state index in [0.29, 0.717) is 22.0 Å². The van der Waals surface area contributed by atoms with Gasteiger partial charge in [-0.3, -0.25) is 14.6 Å². The van der Waals surface area contributed by atoms with Crippen LogP contribution in [-0.4, -0.2) is 16.7 Å². The number of rotatable bonds is 6. The van der Waals surface area contributed by atoms with Crippen LogP contribution in [0.15, 0.2) is 66.5 Å². The molecular weight excluding hydrogens is 338 g/mol. The minimum absolute atomic E-state index is 0.124. The normalized spacial score (nSPS) is 11.4. The number of benzene rings is 1. The minimum atomic E-state index is -0.314. The molecule has 0 atom stereocenters. The summed E-state index contributed by atoms with van der Waals surface area (Å²) < 4.78 is 0. The molecule has 0 aliphatic rings. The van der Waals surface area contributed by atoms with Crippen molar-refractivity contribution in [3.63, 3.8) is 0 Å². The first kappa shape index (κ1) is 18.4. The highest BCUT2D eigenvalue weighted by molar-refractivity contribution is 6.30. The third-order valence-corrected chi connectivity index (χ3v) is 3.52. The van der Waals surface area contributed by atoms with Gasteiger partial charge >= 0.3 is 0 Å². The van der Waals surface area contributed by atoms with Gasteiger partial charge in [-0.15, -0.1) is 0 Å². The van der Waals surface area contributed by atoms with Gasteiger partial charge in [0.25, 0.3) is 5.91 Å². The summed E-state index contributed by atoms with van der Waals surface area (Å²) in [5.41, 5.74) is 2.43. The van der Waals surface area contributed by atoms with Crippen molar-refractivity contribution in [1.82, 2.24) is 4.98 Å². The third-order valence-electron chi connectivity index (χ3n) is 3.26. The Labute approximate surface area is 151 Å². The zero-order valence-electron chi connectivity index (χ0n) is 13.9. The van der Waals surface area contributed by atoms with Crippen LogP contribution in [0.2, 0.25) is 5.02 Å². The Hall–Kier alpha value is -2.92. The van der Waals surface area contributed by atoms with Crippen molar-refractivity contribution < 1.29 is 9.59 Å². The molecule has 0 saturated carbocycles. The van der Waals surface area contributed by atoms with Gasteiger partial charge in [-0.1, -0.05) is 17.7 Å². The van der Waals surface area contributed by atoms with Gasteiger partial charge < -0.3 is 10.6 Å². The summed E-state index contributed by atoms with van der Waals surface area (Å²) in [4.78, 5) is 27.5. The number of ketones is 1. The van der Waals surface area contributed by atoms with Gasteiger partial charge in [0, 0.05) is 22.5 Å². The fourth-order valence-electron chi connectivity index (χ4n) is 2.00. The second-order valence-electron chi connectivity index (χ2n) is 5.20. The first-order valence-corrected chi connectivity index (χ1v) is 8.00. The van der Waals surface area contributed by atoms with Gasteiger partial charge in [0.1, 0.15) is 0 Å². The number of nitrogens with one attached hydrogen (secondary N) is 2. The van der Waals surface area contributed by atoms with E-state index in [1.807, 2.05) is 12.1 Å². The minimum Gasteiger partial charge on any atom is -0.353 e. The lowest BCUT2D eigenvalue weighted by molar-refractivity contribution is -0.113. The smallest absolute Gasteiger partial charge is 0.255 e. The number of hydrogen-bond donors (Lipinski definition) is 2. The third kappa shape index (κ3) is 5.58. The van der Waals surface area contributed by atoms with E-state index in [4.69, 9.17) is 11.6 Å². The van der Waals surface area contributed by atoms with Crippen molar-refractivity contribution in [3.8, 4) is 0 Å². The highest BCUT2D eigenvalue weighted by Crippen LogP contribution is 2.25. The molecule has 128 valence electrons. The lowest BCUT2D eigenvalue weighted by Gasteiger charge is -2.13. The Morgan fingerprint density at radius 2 is 1.80 bits per heavy atom. The average molecular weight is 356 g/mol. The number of pyridine rings is 1. The number of amides is 1. The monoisotopic (exact) mass is 355 g/mol. The summed E-state index contributed by atoms with van der Waals surface area (Å²) in [5, 5.41) is 6.64. The molecule has 0 saturated heterocycles. The number of carbonyl (C=O) groups excluding carboxylic acids is 2. The molecule has 0 aliphatic heterocycles. The van der Waals surface area contributed by atoms with Crippen LogP contribution >= 0.6 is 11.6 Å². The molecule has 0 bridgehead atoms. The van der Waals surface area contributed by atoms with Crippen molar-refractivity contribution in [2.45, 2.75) is 13.8 Å². The van der Waals surface area contributed by atoms with Gasteiger partial charge in [0.2, 0.25) is 0 Å². The quantitative estimate of drug-likeness (QED) is 0.590. The molecule has 1 aromatic heterocycles. The van der Waals surface area contributed by atoms with E-state index in [2.05, 4.69) is 15.6 Å². The van der Waals surface area contributed by atoms with Gasteiger partial charge in [-0.2, -0.15) is 0 Å². The van der Waals surface area contributed by atoms with Crippen LogP contribution in [0, 0.1) is 0 Å². The molecule has 25 heavy (non-hydrogen) atoms. The molecule has 6 heteroatoms. The zero-order chi connectivity index (χ0) is 18.2. The van der Waals surface area contributed by atoms with Crippen LogP contribution in [0.5, 0.6) is 0 Å². The maximum absolute atomic E-state index is 12.4. The standard InChI is InChI=1S/C19H18ClN3O2/c1-3-14(5-4-13(2)24)19(25)23-17-10-11-21-12-18(17)22-16-8-6-15(20)7-9-16/h3-12,22H,1-2H3,(H,21,23,25)/b5-4-,14-3+. The van der Waals surface area contributed by atoms with E-state index in [1.165, 1.54) is 19.1 Å². The first-order chi connectivity index (χ1) is 12.0. The molecule has 0 spiro atoms. The highest BCUT2D eigenvalue weighted by atomic mass is 35.5. The lowest BCUT2D eigenvalue weighted by atomic mass is 10.2. The number of halogens is 1. The summed E-state index contributed by atoms with van der Waals surface area (Å²) >= 11 is 5.88. The molecule has 2 rings (SSSR count). The summed E-state index contributed by atoms with van der Waals surface area (Å²) in [7, 11) is 0. The van der Waals surface area contributed by atoms with E-state index < -0.39 is 0 Å². The van der Waals surface area contributed by atoms with Crippen molar-refractivity contribution >= 4 is 40.4 Å². The molecule has 0 unspecified atom stereocenters. The largest absolute Gasteiger partial charge is 0.353 e. The molecule has 0 radical (unpaired) electrons. The molecule has 0 aliphatic carbocycles. The van der Waals surface area contributed by atoms with Gasteiger partial charge in [0.05, 0.1) is 17.6 Å². The van der Waals surface area contributed by atoms with Crippen LogP contribution < -0.4 is 10.6 Å². The Bertz CT molecular complexity index is 827. The highest BCUT2D eigenvalue weighted by Gasteiger charge is 2.10. The lowest BCUT2D eigenvalue weighted by Crippen LogP contribution is -2.14. The maximum atomic E-state index is 12.4. The number of anilines is 3. The zero-order valence-corrected chi connectivity index (χ0v) is 14.7. The molecule has 1 aromatic carbocycles. The summed E-state index contributed by atoms with van der Waals surface area (Å²) in [6, 6.07) is 8.88. The van der Waals surface area contributed by atoms with E-state index >= 15 is 0 Å². The van der Waals surface area contributed by atoms with E-state index in [9.17, 15) is 9.59 Å². The van der Waals surface area contributed by atoms with Gasteiger partial charge in [0.15, 0.2) is 5.78 Å². The molecule has 5 nitrogen and oxygen atoms in total. The van der Waals surface area contributed by atoms with Crippen molar-refractivity contribution in [2.24, 2.45) is 0 Å². The van der Waals surface area contributed by atoms with Crippen LogP contribution in [0.4, 0.5) is 17.1 Å². The number of allylic oxidation sites excluding steroid dienone is 2. The van der Waals surface area contributed by atoms with E-state index in [-0.39, 0.29) is 11.7 Å². The summed E-state index contributed by atoms with van der Waals surface area (Å²) in [5.74, 6) is -0.438. The Balaban J connectivity index is 2.18. The molecule has 0 fully saturated rings. The maximum Gasteiger partial charge on any atom is 0.255 e. The molecule has 1 amide bonds. The number of nitrogens with zero attached hydrogens (tertiary/aromatic N) is 1. The van der Waals surface area contributed by atoms with Crippen LogP contribution in [0.3, 0.4) is 0 Å². The molecular formula is C19H18ClN3O2. The molecule has 2 aromatic rings. The van der Waals surface area contributed by atoms with Crippen molar-refractivity contribution in [3.05, 3.63) is 71.5 Å². The number of hydrogen-bond acceptors (Lipinski definition) is 4. The van der Waals surface area contributed by atoms with Gasteiger partial charge in [-0.05, 0) is 56.3 Å². The van der Waals surface area contributed by atoms with Crippen LogP contribution in [0.1, 0.15) is 13.8 Å². The number of aromatic nitrogens is 1. The molecule has 2 N–H and O–H groups in total. The SMILES string of the molecule is C/C=C(\C=C/C(C)=O)C(=O)Nc1ccncc1Nc1ccc(Cl)cc1. The van der Waals surface area contributed by atoms with E-state index in [1.54, 1.807) is 43.6 Å². The summed E-state index contributed by atoms with van der Waals surface area (Å²) in [6.07, 6.45) is 7.69. The second kappa shape index (κ2) is 8.80. The average Bonchev–Trinajstić information content (AvgIpc) is 2.59. The topological polar surface area (TPSA) is 71.1 Å². The van der Waals surface area contributed by atoms with Crippen LogP contribution in [-0.2, 0) is 9.59 Å². The Morgan fingerprint density at radius 3 is 2.44 bits per heavy atom. The second-order valence-corrected chi connectivity index (χ2v) is 5.63. The van der Waals surface area contributed by atoms with Gasteiger partial charge in [-0.25, -0.2) is 0 Å². The fraction of sp³-hybridized carbons (Fsp3) is 0.105. The van der Waals surface area contributed by atoms with Crippen LogP contribution in [0.25, 0.3) is 0 Å². The predicted molar refractivity (Wildman–Crippen MR) is 101 cm³/mol. The molecule has 1 heterocycles. The van der Waals surface area contributed by atoms with Crippen molar-refractivity contribution in [2.75, 3.05) is 10.6 Å². The fourth-order valence-corrected chi connectivity index (χ4v) is 2.12. The number of carbonyl (C=O) groups is 2. The summed E-state index contributed by atoms with van der Waals surface area (Å²) in [6.45, 7) is 3.16. The predicted octanol–water partition coefficient (Wildman–Crippen LogP) is 4.51. The van der Waals surface area contributed by atoms with E-state index in [0.717, 1.165) is 5.69 Å². The van der Waals surface area contributed by atoms with Crippen molar-refractivity contribution in [1.29, 1.82) is 0 Å². The Kier molecular flexibility index (Phi) is 6.48. The first-order valence-electron chi connectivity index (χ1n) is 7.62.